The second kappa shape index (κ2) is 9.69. The number of carbonyl (C=O) groups is 1. The highest BCUT2D eigenvalue weighted by molar-refractivity contribution is 8.01. The maximum absolute atomic E-state index is 14.5. The highest BCUT2D eigenvalue weighted by Crippen LogP contribution is 2.37. The van der Waals surface area contributed by atoms with Gasteiger partial charge in [-0.2, -0.15) is 0 Å². The lowest BCUT2D eigenvalue weighted by atomic mass is 9.82. The first-order valence-electron chi connectivity index (χ1n) is 10.8. The minimum Gasteiger partial charge on any atom is -0.372 e. The normalized spacial score (nSPS) is 14.5. The molecule has 0 saturated heterocycles. The van der Waals surface area contributed by atoms with Crippen molar-refractivity contribution in [2.24, 2.45) is 5.14 Å². The molecule has 1 aliphatic rings. The molecular weight excluding hydrogens is 449 g/mol. The zero-order valence-corrected chi connectivity index (χ0v) is 21.3. The Kier molecular flexibility index (Phi) is 7.56. The predicted octanol–water partition coefficient (Wildman–Crippen LogP) is 3.75. The van der Waals surface area contributed by atoms with Crippen molar-refractivity contribution in [2.45, 2.75) is 69.9 Å². The molecule has 2 heterocycles. The summed E-state index contributed by atoms with van der Waals surface area (Å²) < 4.78 is 35.7. The quantitative estimate of drug-likeness (QED) is 0.500. The Bertz CT molecular complexity index is 1060. The maximum atomic E-state index is 14.5. The van der Waals surface area contributed by atoms with Crippen LogP contribution in [0.2, 0.25) is 0 Å². The largest absolute Gasteiger partial charge is 0.372 e. The number of nitrogens with zero attached hydrogens (tertiary/aromatic N) is 1. The number of rotatable bonds is 8. The van der Waals surface area contributed by atoms with Crippen LogP contribution in [-0.4, -0.2) is 29.1 Å². The summed E-state index contributed by atoms with van der Waals surface area (Å²) in [5, 5.41) is 5.98. The summed E-state index contributed by atoms with van der Waals surface area (Å²) in [7, 11) is -0.166. The number of thiophene rings is 1. The first-order valence-corrected chi connectivity index (χ1v) is 13.4. The molecule has 6 nitrogen and oxygen atoms in total. The number of benzene rings is 1. The number of nitrogens with two attached hydrogens (primary N) is 1. The van der Waals surface area contributed by atoms with E-state index in [0.717, 1.165) is 33.6 Å². The summed E-state index contributed by atoms with van der Waals surface area (Å²) in [5.41, 5.74) is 5.43. The Labute approximate surface area is 195 Å². The molecule has 32 heavy (non-hydrogen) atoms. The maximum Gasteiger partial charge on any atom is 0.235 e. The summed E-state index contributed by atoms with van der Waals surface area (Å²) in [6, 6.07) is 3.45. The van der Waals surface area contributed by atoms with E-state index in [0.29, 0.717) is 24.6 Å². The molecule has 1 amide bonds. The zero-order valence-electron chi connectivity index (χ0n) is 19.6. The molecule has 0 unspecified atom stereocenters. The van der Waals surface area contributed by atoms with Gasteiger partial charge in [0.05, 0.1) is 19.6 Å². The Balaban J connectivity index is 1.91. The van der Waals surface area contributed by atoms with E-state index < -0.39 is 22.0 Å². The Morgan fingerprint density at radius 3 is 2.53 bits per heavy atom. The summed E-state index contributed by atoms with van der Waals surface area (Å²) >= 11 is 1.04. The van der Waals surface area contributed by atoms with Crippen LogP contribution in [-0.2, 0) is 46.0 Å². The first-order chi connectivity index (χ1) is 14.9. The average Bonchev–Trinajstić information content (AvgIpc) is 3.25. The lowest BCUT2D eigenvalue weighted by Gasteiger charge is -2.24. The molecule has 0 aliphatic carbocycles. The van der Waals surface area contributed by atoms with E-state index in [2.05, 4.69) is 38.5 Å². The van der Waals surface area contributed by atoms with Crippen LogP contribution in [0, 0.1) is 5.82 Å². The van der Waals surface area contributed by atoms with Gasteiger partial charge in [-0.15, -0.1) is 11.3 Å². The van der Waals surface area contributed by atoms with E-state index in [-0.39, 0.29) is 22.5 Å². The summed E-state index contributed by atoms with van der Waals surface area (Å²) in [6.07, 6.45) is 0.0348. The van der Waals surface area contributed by atoms with Gasteiger partial charge in [-0.25, -0.2) is 8.60 Å². The van der Waals surface area contributed by atoms with Gasteiger partial charge in [0.25, 0.3) is 0 Å². The third-order valence-electron chi connectivity index (χ3n) is 5.54. The first kappa shape index (κ1) is 25.0. The van der Waals surface area contributed by atoms with Gasteiger partial charge in [-0.1, -0.05) is 33.8 Å². The van der Waals surface area contributed by atoms with Crippen molar-refractivity contribution >= 4 is 27.5 Å². The molecule has 9 heteroatoms. The molecule has 3 N–H and O–H groups in total. The summed E-state index contributed by atoms with van der Waals surface area (Å²) in [5.74, 6) is -0.715. The van der Waals surface area contributed by atoms with Gasteiger partial charge in [-0.05, 0) is 59.8 Å². The molecule has 0 radical (unpaired) electrons. The number of ether oxygens (including phenoxy) is 1. The number of nitrogens with one attached hydrogen (secondary N) is 1. The molecule has 0 atom stereocenters. The number of amides is 1. The van der Waals surface area contributed by atoms with Crippen LogP contribution >= 0.6 is 11.3 Å². The molecule has 3 rings (SSSR count). The monoisotopic (exact) mass is 483 g/mol. The molecule has 1 aliphatic heterocycles. The van der Waals surface area contributed by atoms with Crippen molar-refractivity contribution in [3.05, 3.63) is 50.6 Å². The van der Waals surface area contributed by atoms with Gasteiger partial charge >= 0.3 is 0 Å². The molecule has 0 saturated carbocycles. The zero-order chi connectivity index (χ0) is 23.8. The SMILES string of the molecule is CC(C)c1cc2c(c(C(C)C)c1CC(=O)N[SH](N)(=O)c1sc(CN(C)C)cc1F)COC2. The highest BCUT2D eigenvalue weighted by atomic mass is 32.3. The van der Waals surface area contributed by atoms with Crippen LogP contribution in [0.3, 0.4) is 0 Å². The summed E-state index contributed by atoms with van der Waals surface area (Å²) in [6.45, 7) is 9.98. The van der Waals surface area contributed by atoms with Crippen LogP contribution in [0.25, 0.3) is 0 Å². The minimum atomic E-state index is -3.89. The van der Waals surface area contributed by atoms with Crippen LogP contribution < -0.4 is 9.86 Å². The number of thiol groups is 1. The molecule has 178 valence electrons. The van der Waals surface area contributed by atoms with Crippen LogP contribution in [0.1, 0.15) is 72.2 Å². The molecule has 1 aromatic carbocycles. The topological polar surface area (TPSA) is 84.7 Å². The molecule has 0 fully saturated rings. The Hall–Kier alpha value is -1.65. The van der Waals surface area contributed by atoms with E-state index in [1.54, 1.807) is 0 Å². The third kappa shape index (κ3) is 5.28. The fraction of sp³-hybridized carbons (Fsp3) is 0.522. The van der Waals surface area contributed by atoms with Gasteiger partial charge in [-0.3, -0.25) is 14.7 Å². The van der Waals surface area contributed by atoms with Gasteiger partial charge in [0.15, 0.2) is 5.82 Å². The number of hydrogen-bond acceptors (Lipinski definition) is 5. The lowest BCUT2D eigenvalue weighted by molar-refractivity contribution is -0.118. The molecule has 0 bridgehead atoms. The van der Waals surface area contributed by atoms with Crippen molar-refractivity contribution in [1.29, 1.82) is 0 Å². The third-order valence-corrected chi connectivity index (χ3v) is 8.92. The van der Waals surface area contributed by atoms with Crippen molar-refractivity contribution in [3.8, 4) is 0 Å². The van der Waals surface area contributed by atoms with Crippen molar-refractivity contribution in [3.63, 3.8) is 0 Å². The summed E-state index contributed by atoms with van der Waals surface area (Å²) in [4.78, 5) is 15.6. The van der Waals surface area contributed by atoms with Crippen LogP contribution in [0.15, 0.2) is 16.3 Å². The van der Waals surface area contributed by atoms with E-state index >= 15 is 0 Å². The van der Waals surface area contributed by atoms with E-state index in [4.69, 9.17) is 9.88 Å². The van der Waals surface area contributed by atoms with Crippen LogP contribution in [0.5, 0.6) is 0 Å². The van der Waals surface area contributed by atoms with E-state index in [1.807, 2.05) is 19.0 Å². The van der Waals surface area contributed by atoms with Crippen molar-refractivity contribution in [2.75, 3.05) is 14.1 Å². The van der Waals surface area contributed by atoms with Crippen molar-refractivity contribution in [1.82, 2.24) is 9.62 Å². The molecule has 0 spiro atoms. The molecule has 2 aromatic rings. The van der Waals surface area contributed by atoms with Crippen molar-refractivity contribution < 1.29 is 18.1 Å². The second-order valence-corrected chi connectivity index (χ2v) is 12.7. The minimum absolute atomic E-state index is 0.0348. The number of carbonyl (C=O) groups excluding carboxylic acids is 1. The van der Waals surface area contributed by atoms with E-state index in [1.165, 1.54) is 11.6 Å². The standard InChI is InChI=1S/C23H34FN3O3S2/c1-13(2)17-7-15-11-30-12-19(15)22(14(3)4)18(17)9-21(28)26-32(25,29)23-20(24)8-16(31-23)10-27(5)6/h7-8,13-14,32H,9-12H2,1-6H3,(H3,25,26,28,29). The number of fused-ring (bicyclic) bond motifs is 1. The molecular formula is C23H34FN3O3S2. The lowest BCUT2D eigenvalue weighted by Crippen LogP contribution is -2.43. The Morgan fingerprint density at radius 1 is 1.25 bits per heavy atom. The van der Waals surface area contributed by atoms with Gasteiger partial charge in [0, 0.05) is 21.7 Å². The number of hydrogen-bond donors (Lipinski definition) is 3. The Morgan fingerprint density at radius 2 is 1.94 bits per heavy atom. The average molecular weight is 484 g/mol. The fourth-order valence-corrected chi connectivity index (χ4v) is 7.16. The predicted molar refractivity (Wildman–Crippen MR) is 129 cm³/mol. The van der Waals surface area contributed by atoms with E-state index in [9.17, 15) is 13.4 Å². The molecule has 1 aromatic heterocycles. The smallest absolute Gasteiger partial charge is 0.235 e. The van der Waals surface area contributed by atoms with Crippen LogP contribution in [0.4, 0.5) is 4.39 Å². The van der Waals surface area contributed by atoms with Gasteiger partial charge in [0.2, 0.25) is 5.91 Å². The van der Waals surface area contributed by atoms with Gasteiger partial charge in [0.1, 0.15) is 4.21 Å². The number of halogens is 1. The fourth-order valence-electron chi connectivity index (χ4n) is 4.30. The highest BCUT2D eigenvalue weighted by Gasteiger charge is 2.28. The van der Waals surface area contributed by atoms with Gasteiger partial charge < -0.3 is 9.64 Å². The second-order valence-electron chi connectivity index (χ2n) is 9.27.